The number of carbonyl (C=O) groups excluding carboxylic acids is 2. The molecule has 0 bridgehead atoms. The first-order valence-corrected chi connectivity index (χ1v) is 12.8. The standard InChI is InChI=1S/C30H35NO6/c1-6-17(3)37-30(34)27-18(4)31-23-14-21(19-8-11-22(35-5)12-9-19)15-25(33)29(23)28(27)20-10-13-24(32)26(16-20)36-7-2/h8-13,16-17,21,28,31-32H,6-7,14-15H2,1-5H3/t17-,21-,28-/m0/s1. The number of hydrogen-bond acceptors (Lipinski definition) is 7. The van der Waals surface area contributed by atoms with E-state index < -0.39 is 11.9 Å². The van der Waals surface area contributed by atoms with E-state index in [-0.39, 0.29) is 23.6 Å². The van der Waals surface area contributed by atoms with Gasteiger partial charge in [0.1, 0.15) is 5.75 Å². The fraction of sp³-hybridized carbons (Fsp3) is 0.400. The van der Waals surface area contributed by atoms with Crippen LogP contribution in [0.4, 0.5) is 0 Å². The molecule has 7 nitrogen and oxygen atoms in total. The van der Waals surface area contributed by atoms with Gasteiger partial charge >= 0.3 is 5.97 Å². The van der Waals surface area contributed by atoms with E-state index in [1.165, 1.54) is 0 Å². The molecule has 4 rings (SSSR count). The molecule has 2 aromatic carbocycles. The van der Waals surface area contributed by atoms with Crippen molar-refractivity contribution in [2.24, 2.45) is 0 Å². The Hall–Kier alpha value is -3.74. The Balaban J connectivity index is 1.79. The lowest BCUT2D eigenvalue weighted by molar-refractivity contribution is -0.144. The van der Waals surface area contributed by atoms with Gasteiger partial charge in [0, 0.05) is 29.3 Å². The Morgan fingerprint density at radius 2 is 1.81 bits per heavy atom. The fourth-order valence-corrected chi connectivity index (χ4v) is 5.07. The highest BCUT2D eigenvalue weighted by atomic mass is 16.5. The van der Waals surface area contributed by atoms with Crippen LogP contribution in [-0.2, 0) is 14.3 Å². The maximum absolute atomic E-state index is 13.8. The lowest BCUT2D eigenvalue weighted by Gasteiger charge is -2.37. The van der Waals surface area contributed by atoms with E-state index >= 15 is 0 Å². The number of ketones is 1. The average Bonchev–Trinajstić information content (AvgIpc) is 2.89. The van der Waals surface area contributed by atoms with E-state index in [0.29, 0.717) is 54.0 Å². The second-order valence-electron chi connectivity index (χ2n) is 9.57. The molecule has 1 heterocycles. The maximum Gasteiger partial charge on any atom is 0.337 e. The number of methoxy groups -OCH3 is 1. The van der Waals surface area contributed by atoms with Gasteiger partial charge in [-0.05, 0) is 74.9 Å². The quantitative estimate of drug-likeness (QED) is 0.457. The predicted octanol–water partition coefficient (Wildman–Crippen LogP) is 5.50. The van der Waals surface area contributed by atoms with Crippen molar-refractivity contribution in [3.8, 4) is 17.2 Å². The van der Waals surface area contributed by atoms with Gasteiger partial charge in [0.05, 0.1) is 25.4 Å². The summed E-state index contributed by atoms with van der Waals surface area (Å²) in [5, 5.41) is 13.7. The lowest BCUT2D eigenvalue weighted by Crippen LogP contribution is -2.36. The molecular formula is C30H35NO6. The van der Waals surface area contributed by atoms with Crippen LogP contribution in [0.25, 0.3) is 0 Å². The van der Waals surface area contributed by atoms with Gasteiger partial charge in [-0.25, -0.2) is 4.79 Å². The lowest BCUT2D eigenvalue weighted by atomic mass is 9.71. The molecule has 0 unspecified atom stereocenters. The monoisotopic (exact) mass is 505 g/mol. The van der Waals surface area contributed by atoms with Gasteiger partial charge in [0.15, 0.2) is 17.3 Å². The number of rotatable bonds is 8. The second-order valence-corrected chi connectivity index (χ2v) is 9.57. The Morgan fingerprint density at radius 3 is 2.46 bits per heavy atom. The third kappa shape index (κ3) is 5.36. The van der Waals surface area contributed by atoms with Crippen molar-refractivity contribution in [1.29, 1.82) is 0 Å². The average molecular weight is 506 g/mol. The summed E-state index contributed by atoms with van der Waals surface area (Å²) in [6.07, 6.45) is 1.38. The van der Waals surface area contributed by atoms with Gasteiger partial charge in [-0.1, -0.05) is 25.1 Å². The Morgan fingerprint density at radius 1 is 1.11 bits per heavy atom. The number of benzene rings is 2. The first-order chi connectivity index (χ1) is 17.8. The van der Waals surface area contributed by atoms with Crippen molar-refractivity contribution in [2.45, 2.75) is 64.9 Å². The van der Waals surface area contributed by atoms with Crippen LogP contribution in [0.5, 0.6) is 17.2 Å². The summed E-state index contributed by atoms with van der Waals surface area (Å²) in [5.41, 5.74) is 4.20. The zero-order valence-electron chi connectivity index (χ0n) is 22.1. The first-order valence-electron chi connectivity index (χ1n) is 12.8. The van der Waals surface area contributed by atoms with Crippen molar-refractivity contribution in [1.82, 2.24) is 5.32 Å². The minimum absolute atomic E-state index is 0.00512. The summed E-state index contributed by atoms with van der Waals surface area (Å²) in [6, 6.07) is 12.8. The molecular weight excluding hydrogens is 470 g/mol. The van der Waals surface area contributed by atoms with Crippen LogP contribution in [0.1, 0.15) is 69.9 Å². The van der Waals surface area contributed by atoms with Crippen LogP contribution in [0.3, 0.4) is 0 Å². The number of carbonyl (C=O) groups is 2. The number of ether oxygens (including phenoxy) is 3. The van der Waals surface area contributed by atoms with Crippen LogP contribution in [0, 0.1) is 0 Å². The number of Topliss-reactive ketones (excluding diaryl/α,β-unsaturated/α-hetero) is 1. The molecule has 7 heteroatoms. The number of allylic oxidation sites excluding steroid dienone is 3. The van der Waals surface area contributed by atoms with E-state index in [9.17, 15) is 14.7 Å². The summed E-state index contributed by atoms with van der Waals surface area (Å²) in [7, 11) is 1.63. The molecule has 2 aromatic rings. The van der Waals surface area contributed by atoms with E-state index in [4.69, 9.17) is 14.2 Å². The summed E-state index contributed by atoms with van der Waals surface area (Å²) in [4.78, 5) is 27.2. The zero-order valence-corrected chi connectivity index (χ0v) is 22.1. The molecule has 1 aliphatic carbocycles. The van der Waals surface area contributed by atoms with E-state index in [0.717, 1.165) is 17.0 Å². The molecule has 0 radical (unpaired) electrons. The molecule has 0 saturated carbocycles. The van der Waals surface area contributed by atoms with Crippen LogP contribution >= 0.6 is 0 Å². The van der Waals surface area contributed by atoms with Crippen LogP contribution in [0.2, 0.25) is 0 Å². The Bertz CT molecular complexity index is 1240. The van der Waals surface area contributed by atoms with Crippen molar-refractivity contribution in [3.63, 3.8) is 0 Å². The number of hydrogen-bond donors (Lipinski definition) is 2. The number of aromatic hydroxyl groups is 1. The molecule has 0 aromatic heterocycles. The minimum Gasteiger partial charge on any atom is -0.504 e. The number of nitrogens with one attached hydrogen (secondary N) is 1. The molecule has 3 atom stereocenters. The topological polar surface area (TPSA) is 94.1 Å². The SMILES string of the molecule is CCOc1cc([C@H]2C(C(=O)O[C@@H](C)CC)=C(C)NC3=C2C(=O)C[C@@H](c2ccc(OC)cc2)C3)ccc1O. The van der Waals surface area contributed by atoms with Crippen LogP contribution < -0.4 is 14.8 Å². The number of phenolic OH excluding ortho intramolecular Hbond substituents is 1. The Labute approximate surface area is 218 Å². The Kier molecular flexibility index (Phi) is 7.91. The van der Waals surface area contributed by atoms with Crippen molar-refractivity contribution in [2.75, 3.05) is 13.7 Å². The molecule has 1 aliphatic heterocycles. The molecule has 37 heavy (non-hydrogen) atoms. The highest BCUT2D eigenvalue weighted by molar-refractivity contribution is 6.04. The van der Waals surface area contributed by atoms with Gasteiger partial charge in [0.25, 0.3) is 0 Å². The normalized spacial score (nSPS) is 20.2. The summed E-state index contributed by atoms with van der Waals surface area (Å²) >= 11 is 0. The smallest absolute Gasteiger partial charge is 0.337 e. The largest absolute Gasteiger partial charge is 0.504 e. The number of esters is 1. The molecule has 2 aliphatic rings. The van der Waals surface area contributed by atoms with Gasteiger partial charge in [-0.3, -0.25) is 4.79 Å². The first kappa shape index (κ1) is 26.3. The van der Waals surface area contributed by atoms with Gasteiger partial charge in [0.2, 0.25) is 0 Å². The third-order valence-electron chi connectivity index (χ3n) is 7.13. The highest BCUT2D eigenvalue weighted by Gasteiger charge is 2.42. The summed E-state index contributed by atoms with van der Waals surface area (Å²) in [5.74, 6) is -0.0104. The molecule has 2 N–H and O–H groups in total. The zero-order chi connectivity index (χ0) is 26.7. The van der Waals surface area contributed by atoms with E-state index in [2.05, 4.69) is 5.32 Å². The van der Waals surface area contributed by atoms with Gasteiger partial charge in [-0.2, -0.15) is 0 Å². The van der Waals surface area contributed by atoms with Crippen molar-refractivity contribution in [3.05, 3.63) is 76.1 Å². The number of phenols is 1. The second kappa shape index (κ2) is 11.1. The van der Waals surface area contributed by atoms with Crippen LogP contribution in [0.15, 0.2) is 65.0 Å². The number of dihydropyridines is 1. The summed E-state index contributed by atoms with van der Waals surface area (Å²) in [6.45, 7) is 7.85. The molecule has 0 saturated heterocycles. The van der Waals surface area contributed by atoms with Crippen molar-refractivity contribution < 1.29 is 28.9 Å². The van der Waals surface area contributed by atoms with Crippen molar-refractivity contribution >= 4 is 11.8 Å². The molecule has 0 spiro atoms. The molecule has 0 amide bonds. The van der Waals surface area contributed by atoms with Gasteiger partial charge in [-0.15, -0.1) is 0 Å². The van der Waals surface area contributed by atoms with Gasteiger partial charge < -0.3 is 24.6 Å². The van der Waals surface area contributed by atoms with E-state index in [1.54, 1.807) is 25.3 Å². The molecule has 196 valence electrons. The maximum atomic E-state index is 13.8. The van der Waals surface area contributed by atoms with E-state index in [1.807, 2.05) is 52.0 Å². The fourth-order valence-electron chi connectivity index (χ4n) is 5.07. The summed E-state index contributed by atoms with van der Waals surface area (Å²) < 4.78 is 16.6. The van der Waals surface area contributed by atoms with Crippen LogP contribution in [-0.4, -0.2) is 36.7 Å². The predicted molar refractivity (Wildman–Crippen MR) is 141 cm³/mol. The minimum atomic E-state index is -0.628. The third-order valence-corrected chi connectivity index (χ3v) is 7.13. The molecule has 0 fully saturated rings. The highest BCUT2D eigenvalue weighted by Crippen LogP contribution is 2.47.